The molecule has 0 saturated heterocycles. The zero-order valence-electron chi connectivity index (χ0n) is 10.9. The number of anilines is 1. The zero-order valence-corrected chi connectivity index (χ0v) is 11.7. The van der Waals surface area contributed by atoms with Gasteiger partial charge in [0.1, 0.15) is 11.3 Å². The van der Waals surface area contributed by atoms with Gasteiger partial charge in [0, 0.05) is 19.7 Å². The molecule has 0 unspecified atom stereocenters. The van der Waals surface area contributed by atoms with Crippen molar-refractivity contribution in [3.05, 3.63) is 16.9 Å². The molecule has 0 atom stereocenters. The van der Waals surface area contributed by atoms with E-state index in [1.54, 1.807) is 14.0 Å². The molecule has 0 radical (unpaired) electrons. The summed E-state index contributed by atoms with van der Waals surface area (Å²) in [6.45, 7) is 1.68. The monoisotopic (exact) mass is 284 g/mol. The summed E-state index contributed by atoms with van der Waals surface area (Å²) >= 11 is 4.59. The summed E-state index contributed by atoms with van der Waals surface area (Å²) < 4.78 is 5.41. The van der Waals surface area contributed by atoms with E-state index in [9.17, 15) is 9.59 Å². The summed E-state index contributed by atoms with van der Waals surface area (Å²) in [5.74, 6) is 0.0690. The molecule has 7 nitrogen and oxygen atoms in total. The van der Waals surface area contributed by atoms with Crippen LogP contribution in [-0.2, 0) is 11.2 Å². The van der Waals surface area contributed by atoms with Gasteiger partial charge < -0.3 is 26.1 Å². The van der Waals surface area contributed by atoms with E-state index in [0.29, 0.717) is 22.8 Å². The Morgan fingerprint density at radius 2 is 2.00 bits per heavy atom. The largest absolute Gasteiger partial charge is 0.445 e. The summed E-state index contributed by atoms with van der Waals surface area (Å²) in [6, 6.07) is 0. The number of hydrogen-bond donors (Lipinski definition) is 4. The summed E-state index contributed by atoms with van der Waals surface area (Å²) in [5, 5.41) is 7.48. The minimum atomic E-state index is -0.399. The minimum absolute atomic E-state index is 0.0445. The predicted octanol–water partition coefficient (Wildman–Crippen LogP) is -0.108. The van der Waals surface area contributed by atoms with Crippen LogP contribution in [0.15, 0.2) is 4.42 Å². The molecule has 0 aliphatic heterocycles. The van der Waals surface area contributed by atoms with Gasteiger partial charge in [-0.25, -0.2) is 0 Å². The quantitative estimate of drug-likeness (QED) is 0.574. The van der Waals surface area contributed by atoms with Crippen LogP contribution in [0.5, 0.6) is 0 Å². The number of amides is 2. The van der Waals surface area contributed by atoms with Crippen LogP contribution in [0.1, 0.15) is 21.7 Å². The normalized spacial score (nSPS) is 9.84. The second-order valence-corrected chi connectivity index (χ2v) is 4.20. The summed E-state index contributed by atoms with van der Waals surface area (Å²) in [5.41, 5.74) is 6.03. The molecule has 0 spiro atoms. The molecule has 0 fully saturated rings. The number of furan rings is 1. The Morgan fingerprint density at radius 3 is 2.47 bits per heavy atom. The Morgan fingerprint density at radius 1 is 1.37 bits per heavy atom. The summed E-state index contributed by atoms with van der Waals surface area (Å²) in [4.78, 5) is 23.5. The smallest absolute Gasteiger partial charge is 0.256 e. The molecule has 0 saturated carbocycles. The molecule has 2 amide bonds. The number of hydrogen-bond acceptors (Lipinski definition) is 5. The van der Waals surface area contributed by atoms with Crippen molar-refractivity contribution in [3.63, 3.8) is 0 Å². The maximum Gasteiger partial charge on any atom is 0.256 e. The second kappa shape index (κ2) is 6.19. The lowest BCUT2D eigenvalue weighted by atomic mass is 10.1. The molecule has 1 aromatic rings. The van der Waals surface area contributed by atoms with Crippen LogP contribution in [-0.4, -0.2) is 31.0 Å². The molecule has 1 heterocycles. The molecule has 104 valence electrons. The number of carbonyl (C=O) groups excluding carboxylic acids is 2. The van der Waals surface area contributed by atoms with Crippen molar-refractivity contribution in [1.82, 2.24) is 10.6 Å². The van der Waals surface area contributed by atoms with E-state index in [-0.39, 0.29) is 17.4 Å². The number of rotatable bonds is 4. The van der Waals surface area contributed by atoms with Crippen molar-refractivity contribution in [2.45, 2.75) is 13.3 Å². The van der Waals surface area contributed by atoms with E-state index in [4.69, 9.17) is 10.2 Å². The maximum atomic E-state index is 11.8. The fraction of sp³-hybridized carbons (Fsp3) is 0.364. The number of nitrogens with two attached hydrogens (primary N) is 1. The van der Waals surface area contributed by atoms with E-state index in [2.05, 4.69) is 28.2 Å². The van der Waals surface area contributed by atoms with Crippen LogP contribution < -0.4 is 21.7 Å². The highest BCUT2D eigenvalue weighted by Crippen LogP contribution is 2.27. The third-order valence-electron chi connectivity index (χ3n) is 2.49. The van der Waals surface area contributed by atoms with Gasteiger partial charge in [-0.3, -0.25) is 9.59 Å². The molecule has 0 aromatic carbocycles. The fourth-order valence-electron chi connectivity index (χ4n) is 1.68. The van der Waals surface area contributed by atoms with Crippen LogP contribution in [0.2, 0.25) is 0 Å². The van der Waals surface area contributed by atoms with Crippen molar-refractivity contribution in [3.8, 4) is 0 Å². The van der Waals surface area contributed by atoms with Crippen molar-refractivity contribution >= 4 is 35.0 Å². The SMILES string of the molecule is CNC(=O)c1c(NC)oc(C)c1CC(=O)NC(N)=S. The Kier molecular flexibility index (Phi) is 4.87. The predicted molar refractivity (Wildman–Crippen MR) is 75.0 cm³/mol. The van der Waals surface area contributed by atoms with Crippen molar-refractivity contribution in [2.24, 2.45) is 5.73 Å². The van der Waals surface area contributed by atoms with Crippen molar-refractivity contribution < 1.29 is 14.0 Å². The average molecular weight is 284 g/mol. The van der Waals surface area contributed by atoms with Gasteiger partial charge in [-0.1, -0.05) is 0 Å². The lowest BCUT2D eigenvalue weighted by molar-refractivity contribution is -0.119. The molecular weight excluding hydrogens is 268 g/mol. The molecule has 19 heavy (non-hydrogen) atoms. The topological polar surface area (TPSA) is 109 Å². The van der Waals surface area contributed by atoms with Crippen LogP contribution >= 0.6 is 12.2 Å². The van der Waals surface area contributed by atoms with Crippen LogP contribution in [0.25, 0.3) is 0 Å². The van der Waals surface area contributed by atoms with Gasteiger partial charge in [-0.2, -0.15) is 0 Å². The standard InChI is InChI=1S/C11H16N4O3S/c1-5-6(4-7(16)15-11(12)19)8(9(17)13-2)10(14-3)18-5/h14H,4H2,1-3H3,(H,13,17)(H3,12,15,16,19). The third-order valence-corrected chi connectivity index (χ3v) is 2.59. The average Bonchev–Trinajstić information content (AvgIpc) is 2.64. The first-order chi connectivity index (χ1) is 8.90. The molecule has 5 N–H and O–H groups in total. The van der Waals surface area contributed by atoms with Gasteiger partial charge in [0.25, 0.3) is 5.91 Å². The first kappa shape index (κ1) is 15.0. The van der Waals surface area contributed by atoms with Crippen LogP contribution in [0.4, 0.5) is 5.88 Å². The van der Waals surface area contributed by atoms with E-state index >= 15 is 0 Å². The van der Waals surface area contributed by atoms with Gasteiger partial charge in [0.05, 0.1) is 6.42 Å². The molecule has 0 aliphatic carbocycles. The van der Waals surface area contributed by atoms with E-state index in [1.165, 1.54) is 7.05 Å². The molecule has 1 rings (SSSR count). The number of carbonyl (C=O) groups is 2. The number of thiocarbonyl (C=S) groups is 1. The molecule has 1 aromatic heterocycles. The Hall–Kier alpha value is -2.09. The number of nitrogens with one attached hydrogen (secondary N) is 3. The highest BCUT2D eigenvalue weighted by Gasteiger charge is 2.24. The number of aryl methyl sites for hydroxylation is 1. The highest BCUT2D eigenvalue weighted by atomic mass is 32.1. The van der Waals surface area contributed by atoms with E-state index in [1.807, 2.05) is 0 Å². The van der Waals surface area contributed by atoms with Crippen LogP contribution in [0, 0.1) is 6.92 Å². The third kappa shape index (κ3) is 3.44. The summed E-state index contributed by atoms with van der Waals surface area (Å²) in [7, 11) is 3.13. The zero-order chi connectivity index (χ0) is 14.6. The minimum Gasteiger partial charge on any atom is -0.445 e. The molecule has 0 bridgehead atoms. The lowest BCUT2D eigenvalue weighted by Crippen LogP contribution is -2.36. The lowest BCUT2D eigenvalue weighted by Gasteiger charge is -2.05. The Labute approximate surface area is 115 Å². The van der Waals surface area contributed by atoms with Gasteiger partial charge in [0.15, 0.2) is 5.11 Å². The summed E-state index contributed by atoms with van der Waals surface area (Å²) in [6.07, 6.45) is -0.0445. The van der Waals surface area contributed by atoms with Crippen molar-refractivity contribution in [1.29, 1.82) is 0 Å². The van der Waals surface area contributed by atoms with Gasteiger partial charge >= 0.3 is 0 Å². The van der Waals surface area contributed by atoms with Crippen LogP contribution in [0.3, 0.4) is 0 Å². The second-order valence-electron chi connectivity index (χ2n) is 3.76. The highest BCUT2D eigenvalue weighted by molar-refractivity contribution is 7.80. The Bertz CT molecular complexity index is 524. The van der Waals surface area contributed by atoms with E-state index in [0.717, 1.165) is 0 Å². The molecule has 8 heteroatoms. The van der Waals surface area contributed by atoms with Crippen molar-refractivity contribution in [2.75, 3.05) is 19.4 Å². The maximum absolute atomic E-state index is 11.8. The van der Waals surface area contributed by atoms with Gasteiger partial charge in [0.2, 0.25) is 11.8 Å². The molecule has 0 aliphatic rings. The Balaban J connectivity index is 3.12. The first-order valence-electron chi connectivity index (χ1n) is 5.52. The van der Waals surface area contributed by atoms with E-state index < -0.39 is 5.91 Å². The molecular formula is C11H16N4O3S. The van der Waals surface area contributed by atoms with Gasteiger partial charge in [-0.05, 0) is 19.1 Å². The fourth-order valence-corrected chi connectivity index (χ4v) is 1.79. The first-order valence-corrected chi connectivity index (χ1v) is 5.92. The van der Waals surface area contributed by atoms with Gasteiger partial charge in [-0.15, -0.1) is 0 Å².